The molecule has 1 aliphatic rings. The molecule has 4 rings (SSSR count). The van der Waals surface area contributed by atoms with E-state index in [1.165, 1.54) is 30.3 Å². The zero-order valence-corrected chi connectivity index (χ0v) is 17.3. The molecule has 3 aromatic carbocycles. The van der Waals surface area contributed by atoms with Crippen molar-refractivity contribution in [3.05, 3.63) is 89.7 Å². The summed E-state index contributed by atoms with van der Waals surface area (Å²) < 4.78 is 39.8. The van der Waals surface area contributed by atoms with E-state index in [4.69, 9.17) is 0 Å². The molecule has 1 aliphatic heterocycles. The fraction of sp³-hybridized carbons (Fsp3) is 0.0455. The number of fused-ring (bicyclic) bond motifs is 1. The minimum absolute atomic E-state index is 0.0963. The first kappa shape index (κ1) is 21.2. The third kappa shape index (κ3) is 4.65. The molecule has 0 unspecified atom stereocenters. The molecule has 0 bridgehead atoms. The molecule has 0 saturated heterocycles. The maximum atomic E-state index is 13.3. The highest BCUT2D eigenvalue weighted by Gasteiger charge is 2.30. The van der Waals surface area contributed by atoms with Crippen molar-refractivity contribution < 1.29 is 22.4 Å². The molecule has 3 aromatic rings. The van der Waals surface area contributed by atoms with Gasteiger partial charge in [-0.2, -0.15) is 0 Å². The van der Waals surface area contributed by atoms with E-state index in [1.54, 1.807) is 42.5 Å². The zero-order chi connectivity index (χ0) is 22.7. The smallest absolute Gasteiger partial charge is 0.263 e. The first-order valence-electron chi connectivity index (χ1n) is 9.45. The first-order valence-corrected chi connectivity index (χ1v) is 10.9. The number of carbonyl (C=O) groups excluding carboxylic acids is 2. The van der Waals surface area contributed by atoms with Crippen molar-refractivity contribution in [2.24, 2.45) is 4.99 Å². The van der Waals surface area contributed by atoms with Crippen LogP contribution in [-0.4, -0.2) is 32.6 Å². The molecule has 8 nitrogen and oxygen atoms in total. The Labute approximate surface area is 183 Å². The van der Waals surface area contributed by atoms with E-state index >= 15 is 0 Å². The SMILES string of the molecule is O=C(CN=C1NS(=O)(=O)c2ccccc21)Nc1cccc(C(=O)Nc2cccc(F)c2)c1. The summed E-state index contributed by atoms with van der Waals surface area (Å²) in [6, 6.07) is 18.0. The lowest BCUT2D eigenvalue weighted by atomic mass is 10.1. The average molecular weight is 452 g/mol. The van der Waals surface area contributed by atoms with Gasteiger partial charge in [-0.1, -0.05) is 24.3 Å². The van der Waals surface area contributed by atoms with Gasteiger partial charge in [-0.15, -0.1) is 0 Å². The number of amides is 2. The third-order valence-electron chi connectivity index (χ3n) is 4.53. The summed E-state index contributed by atoms with van der Waals surface area (Å²) in [5, 5.41) is 5.20. The van der Waals surface area contributed by atoms with Gasteiger partial charge < -0.3 is 10.6 Å². The normalized spacial score (nSPS) is 15.0. The number of nitrogens with one attached hydrogen (secondary N) is 3. The average Bonchev–Trinajstić information content (AvgIpc) is 3.03. The molecule has 0 spiro atoms. The van der Waals surface area contributed by atoms with Gasteiger partial charge in [-0.05, 0) is 48.5 Å². The maximum Gasteiger partial charge on any atom is 0.263 e. The highest BCUT2D eigenvalue weighted by Crippen LogP contribution is 2.22. The number of carbonyl (C=O) groups is 2. The van der Waals surface area contributed by atoms with Crippen LogP contribution < -0.4 is 15.4 Å². The van der Waals surface area contributed by atoms with Crippen molar-refractivity contribution in [1.82, 2.24) is 4.72 Å². The molecule has 3 N–H and O–H groups in total. The van der Waals surface area contributed by atoms with E-state index in [9.17, 15) is 22.4 Å². The Morgan fingerprint density at radius 1 is 0.906 bits per heavy atom. The molecule has 0 aliphatic carbocycles. The number of sulfonamides is 1. The van der Waals surface area contributed by atoms with E-state index < -0.39 is 27.7 Å². The molecule has 0 aromatic heterocycles. The Morgan fingerprint density at radius 3 is 2.41 bits per heavy atom. The van der Waals surface area contributed by atoms with Crippen LogP contribution in [0, 0.1) is 5.82 Å². The quantitative estimate of drug-likeness (QED) is 0.552. The molecule has 0 atom stereocenters. The van der Waals surface area contributed by atoms with Crippen LogP contribution in [0.15, 0.2) is 82.7 Å². The molecule has 10 heteroatoms. The monoisotopic (exact) mass is 452 g/mol. The Balaban J connectivity index is 1.42. The molecule has 0 fully saturated rings. The van der Waals surface area contributed by atoms with Crippen LogP contribution in [-0.2, 0) is 14.8 Å². The second-order valence-corrected chi connectivity index (χ2v) is 8.51. The maximum absolute atomic E-state index is 13.3. The van der Waals surface area contributed by atoms with Crippen molar-refractivity contribution in [1.29, 1.82) is 0 Å². The second kappa shape index (κ2) is 8.60. The standard InChI is InChI=1S/C22H17FN4O4S/c23-15-6-4-8-17(12-15)26-22(29)14-5-3-7-16(11-14)25-20(28)13-24-21-18-9-1-2-10-19(18)32(30,31)27-21/h1-12H,13H2,(H,24,27)(H,25,28)(H,26,29). The summed E-state index contributed by atoms with van der Waals surface area (Å²) >= 11 is 0. The molecule has 0 radical (unpaired) electrons. The van der Waals surface area contributed by atoms with Gasteiger partial charge in [0.15, 0.2) is 0 Å². The molecule has 162 valence electrons. The van der Waals surface area contributed by atoms with Gasteiger partial charge in [0, 0.05) is 22.5 Å². The van der Waals surface area contributed by atoms with E-state index in [0.717, 1.165) is 0 Å². The number of benzene rings is 3. The number of aliphatic imine (C=N–C) groups is 1. The largest absolute Gasteiger partial charge is 0.324 e. The summed E-state index contributed by atoms with van der Waals surface area (Å²) in [5.74, 6) is -1.34. The van der Waals surface area contributed by atoms with Crippen LogP contribution in [0.4, 0.5) is 15.8 Å². The van der Waals surface area contributed by atoms with Crippen molar-refractivity contribution in [2.45, 2.75) is 4.90 Å². The number of hydrogen-bond acceptors (Lipinski definition) is 5. The summed E-state index contributed by atoms with van der Waals surface area (Å²) in [5.41, 5.74) is 1.32. The van der Waals surface area contributed by atoms with Crippen LogP contribution in [0.5, 0.6) is 0 Å². The number of nitrogens with zero attached hydrogens (tertiary/aromatic N) is 1. The summed E-state index contributed by atoms with van der Waals surface area (Å²) in [7, 11) is -3.69. The number of hydrogen-bond donors (Lipinski definition) is 3. The van der Waals surface area contributed by atoms with Gasteiger partial charge >= 0.3 is 0 Å². The molecule has 2 amide bonds. The van der Waals surface area contributed by atoms with Crippen LogP contribution in [0.1, 0.15) is 15.9 Å². The topological polar surface area (TPSA) is 117 Å². The second-order valence-electron chi connectivity index (χ2n) is 6.86. The number of anilines is 2. The van der Waals surface area contributed by atoms with Crippen LogP contribution in [0.25, 0.3) is 0 Å². The van der Waals surface area contributed by atoms with Crippen LogP contribution in [0.2, 0.25) is 0 Å². The number of amidine groups is 1. The van der Waals surface area contributed by atoms with E-state index in [2.05, 4.69) is 20.3 Å². The van der Waals surface area contributed by atoms with E-state index in [-0.39, 0.29) is 22.8 Å². The van der Waals surface area contributed by atoms with Gasteiger partial charge in [0.25, 0.3) is 15.9 Å². The third-order valence-corrected chi connectivity index (χ3v) is 5.93. The highest BCUT2D eigenvalue weighted by molar-refractivity contribution is 7.90. The predicted octanol–water partition coefficient (Wildman–Crippen LogP) is 2.76. The van der Waals surface area contributed by atoms with Gasteiger partial charge in [-0.3, -0.25) is 19.3 Å². The molecule has 0 saturated carbocycles. The van der Waals surface area contributed by atoms with Crippen molar-refractivity contribution in [3.63, 3.8) is 0 Å². The lowest BCUT2D eigenvalue weighted by Gasteiger charge is -2.08. The summed E-state index contributed by atoms with van der Waals surface area (Å²) in [6.07, 6.45) is 0. The Kier molecular flexibility index (Phi) is 5.69. The Morgan fingerprint density at radius 2 is 1.62 bits per heavy atom. The van der Waals surface area contributed by atoms with Gasteiger partial charge in [0.1, 0.15) is 18.2 Å². The molecular weight excluding hydrogens is 435 g/mol. The summed E-state index contributed by atoms with van der Waals surface area (Å²) in [4.78, 5) is 28.9. The zero-order valence-electron chi connectivity index (χ0n) is 16.5. The molecule has 32 heavy (non-hydrogen) atoms. The predicted molar refractivity (Wildman–Crippen MR) is 118 cm³/mol. The van der Waals surface area contributed by atoms with E-state index in [0.29, 0.717) is 16.9 Å². The Bertz CT molecular complexity index is 1360. The lowest BCUT2D eigenvalue weighted by molar-refractivity contribution is -0.114. The van der Waals surface area contributed by atoms with Gasteiger partial charge in [-0.25, -0.2) is 12.8 Å². The number of rotatable bonds is 5. The molecular formula is C22H17FN4O4S. The highest BCUT2D eigenvalue weighted by atomic mass is 32.2. The first-order chi connectivity index (χ1) is 15.3. The minimum atomic E-state index is -3.69. The number of halogens is 1. The van der Waals surface area contributed by atoms with E-state index in [1.807, 2.05) is 0 Å². The van der Waals surface area contributed by atoms with Crippen LogP contribution >= 0.6 is 0 Å². The molecule has 1 heterocycles. The van der Waals surface area contributed by atoms with Gasteiger partial charge in [0.05, 0.1) is 4.90 Å². The summed E-state index contributed by atoms with van der Waals surface area (Å²) in [6.45, 7) is -0.327. The van der Waals surface area contributed by atoms with Gasteiger partial charge in [0.2, 0.25) is 5.91 Å². The van der Waals surface area contributed by atoms with Crippen LogP contribution in [0.3, 0.4) is 0 Å². The Hall–Kier alpha value is -4.05. The van der Waals surface area contributed by atoms with Crippen molar-refractivity contribution in [3.8, 4) is 0 Å². The lowest BCUT2D eigenvalue weighted by Crippen LogP contribution is -2.24. The minimum Gasteiger partial charge on any atom is -0.324 e. The fourth-order valence-corrected chi connectivity index (χ4v) is 4.36. The fourth-order valence-electron chi connectivity index (χ4n) is 3.11. The van der Waals surface area contributed by atoms with Crippen molar-refractivity contribution >= 4 is 39.0 Å². The van der Waals surface area contributed by atoms with Crippen molar-refractivity contribution in [2.75, 3.05) is 17.2 Å².